The van der Waals surface area contributed by atoms with Crippen LogP contribution in [-0.4, -0.2) is 41.3 Å². The fourth-order valence-corrected chi connectivity index (χ4v) is 2.89. The molecular weight excluding hydrogens is 212 g/mol. The Labute approximate surface area is 106 Å². The SMILES string of the molecule is CCC1CCCN(C(C)CC(C)(O)CN)CC1. The van der Waals surface area contributed by atoms with Crippen molar-refractivity contribution in [2.24, 2.45) is 11.7 Å². The summed E-state index contributed by atoms with van der Waals surface area (Å²) in [6, 6.07) is 0.434. The molecule has 0 aromatic rings. The summed E-state index contributed by atoms with van der Waals surface area (Å²) in [5.74, 6) is 0.905. The van der Waals surface area contributed by atoms with Crippen LogP contribution in [0.5, 0.6) is 0 Å². The van der Waals surface area contributed by atoms with Crippen molar-refractivity contribution in [3.63, 3.8) is 0 Å². The highest BCUT2D eigenvalue weighted by atomic mass is 16.3. The lowest BCUT2D eigenvalue weighted by atomic mass is 9.96. The van der Waals surface area contributed by atoms with Crippen molar-refractivity contribution in [2.75, 3.05) is 19.6 Å². The molecular formula is C14H30N2O. The Morgan fingerprint density at radius 2 is 2.12 bits per heavy atom. The van der Waals surface area contributed by atoms with Gasteiger partial charge in [0.15, 0.2) is 0 Å². The van der Waals surface area contributed by atoms with Gasteiger partial charge in [-0.25, -0.2) is 0 Å². The van der Waals surface area contributed by atoms with E-state index in [1.807, 2.05) is 6.92 Å². The lowest BCUT2D eigenvalue weighted by Gasteiger charge is -2.33. The van der Waals surface area contributed by atoms with Crippen LogP contribution in [0.1, 0.15) is 52.9 Å². The van der Waals surface area contributed by atoms with E-state index in [4.69, 9.17) is 5.73 Å². The van der Waals surface area contributed by atoms with Crippen molar-refractivity contribution < 1.29 is 5.11 Å². The van der Waals surface area contributed by atoms with Crippen molar-refractivity contribution in [1.82, 2.24) is 4.90 Å². The second-order valence-corrected chi connectivity index (χ2v) is 6.00. The summed E-state index contributed by atoms with van der Waals surface area (Å²) >= 11 is 0. The number of nitrogens with zero attached hydrogens (tertiary/aromatic N) is 1. The van der Waals surface area contributed by atoms with Crippen molar-refractivity contribution in [3.8, 4) is 0 Å². The second-order valence-electron chi connectivity index (χ2n) is 6.00. The maximum Gasteiger partial charge on any atom is 0.0756 e. The zero-order chi connectivity index (χ0) is 12.9. The molecule has 0 amide bonds. The molecule has 1 saturated heterocycles. The van der Waals surface area contributed by atoms with Gasteiger partial charge in [-0.2, -0.15) is 0 Å². The van der Waals surface area contributed by atoms with Gasteiger partial charge in [0.1, 0.15) is 0 Å². The molecule has 0 saturated carbocycles. The quantitative estimate of drug-likeness (QED) is 0.775. The second kappa shape index (κ2) is 6.72. The van der Waals surface area contributed by atoms with E-state index in [0.717, 1.165) is 12.3 Å². The molecule has 0 aromatic heterocycles. The molecule has 3 atom stereocenters. The Morgan fingerprint density at radius 1 is 1.41 bits per heavy atom. The molecule has 1 fully saturated rings. The lowest BCUT2D eigenvalue weighted by Crippen LogP contribution is -2.43. The molecule has 17 heavy (non-hydrogen) atoms. The number of rotatable bonds is 5. The van der Waals surface area contributed by atoms with Crippen molar-refractivity contribution in [1.29, 1.82) is 0 Å². The zero-order valence-electron chi connectivity index (χ0n) is 11.8. The Kier molecular flexibility index (Phi) is 5.90. The Morgan fingerprint density at radius 3 is 2.71 bits per heavy atom. The predicted octanol–water partition coefficient (Wildman–Crippen LogP) is 1.99. The summed E-state index contributed by atoms with van der Waals surface area (Å²) in [7, 11) is 0. The summed E-state index contributed by atoms with van der Waals surface area (Å²) in [5, 5.41) is 10.0. The zero-order valence-corrected chi connectivity index (χ0v) is 11.8. The number of likely N-dealkylation sites (tertiary alicyclic amines) is 1. The molecule has 0 spiro atoms. The van der Waals surface area contributed by atoms with Crippen LogP contribution in [0.15, 0.2) is 0 Å². The summed E-state index contributed by atoms with van der Waals surface area (Å²) in [5.41, 5.74) is 4.88. The molecule has 3 unspecified atom stereocenters. The van der Waals surface area contributed by atoms with Crippen LogP contribution in [-0.2, 0) is 0 Å². The highest BCUT2D eigenvalue weighted by molar-refractivity contribution is 4.82. The first kappa shape index (κ1) is 14.9. The molecule has 0 aromatic carbocycles. The normalized spacial score (nSPS) is 28.4. The maximum atomic E-state index is 10.0. The van der Waals surface area contributed by atoms with Gasteiger partial charge < -0.3 is 15.7 Å². The first-order chi connectivity index (χ1) is 7.98. The monoisotopic (exact) mass is 242 g/mol. The highest BCUT2D eigenvalue weighted by Crippen LogP contribution is 2.23. The van der Waals surface area contributed by atoms with E-state index in [9.17, 15) is 5.11 Å². The van der Waals surface area contributed by atoms with E-state index < -0.39 is 5.60 Å². The Bertz CT molecular complexity index is 218. The van der Waals surface area contributed by atoms with Gasteiger partial charge >= 0.3 is 0 Å². The van der Waals surface area contributed by atoms with Crippen LogP contribution in [0.25, 0.3) is 0 Å². The number of nitrogens with two attached hydrogens (primary N) is 1. The molecule has 0 radical (unpaired) electrons. The average molecular weight is 242 g/mol. The van der Waals surface area contributed by atoms with Gasteiger partial charge in [-0.3, -0.25) is 0 Å². The van der Waals surface area contributed by atoms with Crippen molar-refractivity contribution in [2.45, 2.75) is 64.5 Å². The minimum absolute atomic E-state index is 0.350. The van der Waals surface area contributed by atoms with Crippen molar-refractivity contribution in [3.05, 3.63) is 0 Å². The molecule has 3 nitrogen and oxygen atoms in total. The van der Waals surface area contributed by atoms with Gasteiger partial charge in [0, 0.05) is 12.6 Å². The molecule has 1 heterocycles. The number of hydrogen-bond acceptors (Lipinski definition) is 3. The van der Waals surface area contributed by atoms with E-state index in [1.54, 1.807) is 0 Å². The van der Waals surface area contributed by atoms with Crippen LogP contribution < -0.4 is 5.73 Å². The Balaban J connectivity index is 2.44. The minimum atomic E-state index is -0.712. The number of hydrogen-bond donors (Lipinski definition) is 2. The lowest BCUT2D eigenvalue weighted by molar-refractivity contribution is 0.0291. The van der Waals surface area contributed by atoms with E-state index >= 15 is 0 Å². The molecule has 3 heteroatoms. The standard InChI is InChI=1S/C14H30N2O/c1-4-13-6-5-8-16(9-7-13)12(2)10-14(3,17)11-15/h12-13,17H,4-11,15H2,1-3H3. The first-order valence-corrected chi connectivity index (χ1v) is 7.15. The van der Waals surface area contributed by atoms with Gasteiger partial charge in [0.05, 0.1) is 5.60 Å². The third-order valence-corrected chi connectivity index (χ3v) is 4.26. The summed E-state index contributed by atoms with van der Waals surface area (Å²) < 4.78 is 0. The summed E-state index contributed by atoms with van der Waals surface area (Å²) in [6.07, 6.45) is 6.06. The van der Waals surface area contributed by atoms with E-state index in [0.29, 0.717) is 12.6 Å². The van der Waals surface area contributed by atoms with Crippen LogP contribution in [0.2, 0.25) is 0 Å². The fraction of sp³-hybridized carbons (Fsp3) is 1.00. The third kappa shape index (κ3) is 4.94. The largest absolute Gasteiger partial charge is 0.389 e. The molecule has 0 aliphatic carbocycles. The van der Waals surface area contributed by atoms with Gasteiger partial charge in [0.2, 0.25) is 0 Å². The summed E-state index contributed by atoms with van der Waals surface area (Å²) in [6.45, 7) is 9.07. The minimum Gasteiger partial charge on any atom is -0.389 e. The van der Waals surface area contributed by atoms with Gasteiger partial charge in [-0.1, -0.05) is 13.3 Å². The fourth-order valence-electron chi connectivity index (χ4n) is 2.89. The van der Waals surface area contributed by atoms with Gasteiger partial charge in [0.25, 0.3) is 0 Å². The van der Waals surface area contributed by atoms with Crippen LogP contribution in [0.3, 0.4) is 0 Å². The first-order valence-electron chi connectivity index (χ1n) is 7.15. The molecule has 1 aliphatic heterocycles. The van der Waals surface area contributed by atoms with E-state index in [-0.39, 0.29) is 0 Å². The van der Waals surface area contributed by atoms with Crippen LogP contribution in [0, 0.1) is 5.92 Å². The molecule has 1 aliphatic rings. The van der Waals surface area contributed by atoms with Gasteiger partial charge in [-0.15, -0.1) is 0 Å². The third-order valence-electron chi connectivity index (χ3n) is 4.26. The van der Waals surface area contributed by atoms with Crippen LogP contribution in [0.4, 0.5) is 0 Å². The van der Waals surface area contributed by atoms with Crippen LogP contribution >= 0.6 is 0 Å². The summed E-state index contributed by atoms with van der Waals surface area (Å²) in [4.78, 5) is 2.53. The van der Waals surface area contributed by atoms with Gasteiger partial charge in [-0.05, 0) is 58.5 Å². The van der Waals surface area contributed by atoms with Crippen molar-refractivity contribution >= 4 is 0 Å². The topological polar surface area (TPSA) is 49.5 Å². The highest BCUT2D eigenvalue weighted by Gasteiger charge is 2.26. The predicted molar refractivity (Wildman–Crippen MR) is 73.0 cm³/mol. The van der Waals surface area contributed by atoms with E-state index in [1.165, 1.54) is 38.8 Å². The maximum absolute atomic E-state index is 10.0. The Hall–Kier alpha value is -0.120. The van der Waals surface area contributed by atoms with E-state index in [2.05, 4.69) is 18.7 Å². The average Bonchev–Trinajstić information content (AvgIpc) is 2.53. The molecule has 0 bridgehead atoms. The molecule has 3 N–H and O–H groups in total. The molecule has 1 rings (SSSR count). The number of aliphatic hydroxyl groups is 1. The smallest absolute Gasteiger partial charge is 0.0756 e. The molecule has 102 valence electrons.